The molecule has 0 radical (unpaired) electrons. The number of quaternary nitrogens is 1. The van der Waals surface area contributed by atoms with Gasteiger partial charge in [-0.3, -0.25) is 0 Å². The first-order chi connectivity index (χ1) is 7.33. The average Bonchev–Trinajstić information content (AvgIpc) is 2.26. The van der Waals surface area contributed by atoms with Gasteiger partial charge in [-0.15, -0.1) is 0 Å². The maximum absolute atomic E-state index is 2.40. The Morgan fingerprint density at radius 2 is 1.50 bits per heavy atom. The lowest BCUT2D eigenvalue weighted by Crippen LogP contribution is -3.13. The van der Waals surface area contributed by atoms with Gasteiger partial charge in [-0.25, -0.2) is 0 Å². The van der Waals surface area contributed by atoms with Gasteiger partial charge in [0.25, 0.3) is 0 Å². The third kappa shape index (κ3) is 7.21. The van der Waals surface area contributed by atoms with Crippen molar-refractivity contribution < 1.29 is 9.60 Å². The number of hydrogen-bond donors (Lipinski definition) is 1. The molecule has 0 aromatic heterocycles. The fourth-order valence-corrected chi connectivity index (χ4v) is 2.58. The molecule has 0 unspecified atom stereocenters. The highest BCUT2D eigenvalue weighted by atomic mass is 19.0. The second kappa shape index (κ2) is 10.1. The van der Waals surface area contributed by atoms with Gasteiger partial charge in [0.1, 0.15) is 0 Å². The number of piperidine rings is 1. The van der Waals surface area contributed by atoms with Gasteiger partial charge >= 0.3 is 0 Å². The lowest BCUT2D eigenvalue weighted by molar-refractivity contribution is -0.906. The van der Waals surface area contributed by atoms with Crippen LogP contribution in [0.3, 0.4) is 0 Å². The molecule has 1 heterocycles. The molecule has 2 heteroatoms. The minimum Gasteiger partial charge on any atom is -1.00 e. The summed E-state index contributed by atoms with van der Waals surface area (Å²) in [5.41, 5.74) is 0. The van der Waals surface area contributed by atoms with Gasteiger partial charge in [-0.2, -0.15) is 0 Å². The molecule has 0 atom stereocenters. The molecule has 0 saturated carbocycles. The molecular weight excluding hydrogens is 201 g/mol. The zero-order valence-corrected chi connectivity index (χ0v) is 11.2. The maximum atomic E-state index is 2.40. The Morgan fingerprint density at radius 3 is 2.12 bits per heavy atom. The van der Waals surface area contributed by atoms with E-state index in [9.17, 15) is 0 Å². The molecule has 1 nitrogen and oxygen atoms in total. The van der Waals surface area contributed by atoms with E-state index in [-0.39, 0.29) is 4.70 Å². The molecule has 98 valence electrons. The Hall–Kier alpha value is -0.110. The van der Waals surface area contributed by atoms with E-state index in [0.717, 1.165) is 5.92 Å². The third-order valence-electron chi connectivity index (χ3n) is 3.87. The van der Waals surface area contributed by atoms with Crippen molar-refractivity contribution in [3.05, 3.63) is 0 Å². The quantitative estimate of drug-likeness (QED) is 0.572. The van der Waals surface area contributed by atoms with Crippen molar-refractivity contribution in [2.24, 2.45) is 5.92 Å². The molecule has 0 amide bonds. The third-order valence-corrected chi connectivity index (χ3v) is 3.87. The van der Waals surface area contributed by atoms with Crippen LogP contribution in [0.25, 0.3) is 0 Å². The molecule has 0 spiro atoms. The fraction of sp³-hybridized carbons (Fsp3) is 1.00. The molecule has 1 aliphatic heterocycles. The molecule has 0 aromatic rings. The van der Waals surface area contributed by atoms with E-state index in [0.29, 0.717) is 0 Å². The van der Waals surface area contributed by atoms with Crippen molar-refractivity contribution in [1.82, 2.24) is 0 Å². The lowest BCUT2D eigenvalue weighted by atomic mass is 9.99. The van der Waals surface area contributed by atoms with Crippen LogP contribution in [0, 0.1) is 5.92 Å². The highest BCUT2D eigenvalue weighted by Crippen LogP contribution is 2.07. The molecule has 1 aliphatic rings. The Balaban J connectivity index is 0.00000225. The summed E-state index contributed by atoms with van der Waals surface area (Å²) in [6.45, 7) is 9.02. The van der Waals surface area contributed by atoms with E-state index in [1.54, 1.807) is 0 Å². The first-order valence-corrected chi connectivity index (χ1v) is 7.16. The van der Waals surface area contributed by atoms with Gasteiger partial charge in [-0.05, 0) is 31.6 Å². The molecular formula is C14H30FN. The van der Waals surface area contributed by atoms with Crippen molar-refractivity contribution in [3.63, 3.8) is 0 Å². The molecule has 1 N–H and O–H groups in total. The minimum atomic E-state index is 0. The molecule has 1 fully saturated rings. The molecule has 16 heavy (non-hydrogen) atoms. The summed E-state index contributed by atoms with van der Waals surface area (Å²) in [6, 6.07) is 0. The van der Waals surface area contributed by atoms with Crippen LogP contribution >= 0.6 is 0 Å². The van der Waals surface area contributed by atoms with Crippen LogP contribution < -0.4 is 9.60 Å². The van der Waals surface area contributed by atoms with Crippen LogP contribution in [0.15, 0.2) is 0 Å². The maximum Gasteiger partial charge on any atom is 0.0773 e. The number of nitrogens with one attached hydrogen (secondary N) is 1. The summed E-state index contributed by atoms with van der Waals surface area (Å²) < 4.78 is 0. The predicted octanol–water partition coefficient (Wildman–Crippen LogP) is -0.334. The Bertz CT molecular complexity index is 142. The number of unbranched alkanes of at least 4 members (excludes halogenated alkanes) is 5. The summed E-state index contributed by atoms with van der Waals surface area (Å²) in [6.07, 6.45) is 11.6. The Morgan fingerprint density at radius 1 is 0.938 bits per heavy atom. The number of rotatable bonds is 7. The first kappa shape index (κ1) is 15.9. The second-order valence-corrected chi connectivity index (χ2v) is 5.45. The summed E-state index contributed by atoms with van der Waals surface area (Å²) >= 11 is 0. The van der Waals surface area contributed by atoms with Crippen molar-refractivity contribution in [2.75, 3.05) is 19.6 Å². The van der Waals surface area contributed by atoms with E-state index in [1.165, 1.54) is 71.0 Å². The summed E-state index contributed by atoms with van der Waals surface area (Å²) in [4.78, 5) is 1.88. The normalized spacial score (nSPS) is 25.1. The van der Waals surface area contributed by atoms with Gasteiger partial charge in [-0.1, -0.05) is 39.5 Å². The number of likely N-dealkylation sites (tertiary alicyclic amines) is 1. The first-order valence-electron chi connectivity index (χ1n) is 7.16. The van der Waals surface area contributed by atoms with Crippen LogP contribution in [-0.4, -0.2) is 19.6 Å². The van der Waals surface area contributed by atoms with Gasteiger partial charge in [0.15, 0.2) is 0 Å². The average molecular weight is 231 g/mol. The van der Waals surface area contributed by atoms with Crippen LogP contribution in [0.4, 0.5) is 0 Å². The van der Waals surface area contributed by atoms with Crippen molar-refractivity contribution in [2.45, 2.75) is 65.2 Å². The highest BCUT2D eigenvalue weighted by molar-refractivity contribution is 4.55. The van der Waals surface area contributed by atoms with Crippen molar-refractivity contribution in [1.29, 1.82) is 0 Å². The highest BCUT2D eigenvalue weighted by Gasteiger charge is 2.17. The zero-order valence-electron chi connectivity index (χ0n) is 11.2. The van der Waals surface area contributed by atoms with E-state index in [2.05, 4.69) is 13.8 Å². The van der Waals surface area contributed by atoms with E-state index in [4.69, 9.17) is 0 Å². The van der Waals surface area contributed by atoms with Crippen LogP contribution in [-0.2, 0) is 0 Å². The van der Waals surface area contributed by atoms with E-state index in [1.807, 2.05) is 4.90 Å². The topological polar surface area (TPSA) is 4.44 Å². The summed E-state index contributed by atoms with van der Waals surface area (Å²) in [5.74, 6) is 0.998. The van der Waals surface area contributed by atoms with E-state index < -0.39 is 0 Å². The van der Waals surface area contributed by atoms with Crippen molar-refractivity contribution in [3.8, 4) is 0 Å². The second-order valence-electron chi connectivity index (χ2n) is 5.45. The fourth-order valence-electron chi connectivity index (χ4n) is 2.58. The largest absolute Gasteiger partial charge is 1.00 e. The van der Waals surface area contributed by atoms with Crippen LogP contribution in [0.5, 0.6) is 0 Å². The van der Waals surface area contributed by atoms with E-state index >= 15 is 0 Å². The number of halogens is 1. The zero-order chi connectivity index (χ0) is 10.9. The summed E-state index contributed by atoms with van der Waals surface area (Å²) in [7, 11) is 0. The summed E-state index contributed by atoms with van der Waals surface area (Å²) in [5, 5.41) is 0. The molecule has 0 bridgehead atoms. The molecule has 0 aromatic carbocycles. The Kier molecular flexibility index (Phi) is 10.0. The van der Waals surface area contributed by atoms with Gasteiger partial charge < -0.3 is 9.60 Å². The molecule has 1 saturated heterocycles. The van der Waals surface area contributed by atoms with Crippen LogP contribution in [0.2, 0.25) is 0 Å². The van der Waals surface area contributed by atoms with Crippen LogP contribution in [0.1, 0.15) is 65.2 Å². The smallest absolute Gasteiger partial charge is 0.0773 e. The lowest BCUT2D eigenvalue weighted by Gasteiger charge is -2.27. The standard InChI is InChI=1S/C14H29N.FH/c1-3-4-5-6-7-8-11-15-12-9-14(2)10-13-15;/h14H,3-13H2,1-2H3;1H. The molecule has 1 rings (SSSR count). The van der Waals surface area contributed by atoms with Crippen molar-refractivity contribution >= 4 is 0 Å². The predicted molar refractivity (Wildman–Crippen MR) is 67.3 cm³/mol. The minimum absolute atomic E-state index is 0. The monoisotopic (exact) mass is 231 g/mol. The Labute approximate surface area is 101 Å². The number of hydrogen-bond acceptors (Lipinski definition) is 0. The molecule has 0 aliphatic carbocycles. The van der Waals surface area contributed by atoms with Gasteiger partial charge in [0.05, 0.1) is 19.6 Å². The SMILES string of the molecule is CCCCCCCC[NH+]1CCC(C)CC1.[F-]. The van der Waals surface area contributed by atoms with Gasteiger partial charge in [0, 0.05) is 0 Å². The van der Waals surface area contributed by atoms with Gasteiger partial charge in [0.2, 0.25) is 0 Å².